The van der Waals surface area contributed by atoms with Crippen LogP contribution in [0.15, 0.2) is 36.4 Å². The van der Waals surface area contributed by atoms with E-state index in [-0.39, 0.29) is 5.82 Å². The zero-order chi connectivity index (χ0) is 13.3. The Labute approximate surface area is 120 Å². The summed E-state index contributed by atoms with van der Waals surface area (Å²) >= 11 is 18.2. The molecule has 0 aliphatic carbocycles. The average Bonchev–Trinajstić information content (AvgIpc) is 2.31. The van der Waals surface area contributed by atoms with E-state index in [1.807, 2.05) is 6.92 Å². The topological polar surface area (TPSA) is 0 Å². The van der Waals surface area contributed by atoms with Crippen LogP contribution in [0.3, 0.4) is 0 Å². The van der Waals surface area contributed by atoms with Crippen LogP contribution in [-0.2, 0) is 0 Å². The molecule has 0 saturated heterocycles. The lowest BCUT2D eigenvalue weighted by Gasteiger charge is -2.14. The lowest BCUT2D eigenvalue weighted by atomic mass is 10.0. The Hall–Kier alpha value is -0.760. The fraction of sp³-hybridized carbons (Fsp3) is 0.143. The molecule has 0 bridgehead atoms. The van der Waals surface area contributed by atoms with Gasteiger partial charge in [-0.3, -0.25) is 0 Å². The Morgan fingerprint density at radius 1 is 1.00 bits per heavy atom. The minimum Gasteiger partial charge on any atom is -0.207 e. The van der Waals surface area contributed by atoms with Crippen LogP contribution in [0.5, 0.6) is 0 Å². The van der Waals surface area contributed by atoms with Gasteiger partial charge in [0.05, 0.1) is 5.38 Å². The maximum atomic E-state index is 13.8. The third-order valence-corrected chi connectivity index (χ3v) is 3.69. The third kappa shape index (κ3) is 2.80. The Morgan fingerprint density at radius 2 is 1.72 bits per heavy atom. The van der Waals surface area contributed by atoms with E-state index in [9.17, 15) is 4.39 Å². The number of hydrogen-bond acceptors (Lipinski definition) is 0. The van der Waals surface area contributed by atoms with Crippen molar-refractivity contribution in [2.24, 2.45) is 0 Å². The molecule has 18 heavy (non-hydrogen) atoms. The summed E-state index contributed by atoms with van der Waals surface area (Å²) in [4.78, 5) is 0. The Morgan fingerprint density at radius 3 is 2.39 bits per heavy atom. The van der Waals surface area contributed by atoms with E-state index in [1.165, 1.54) is 6.07 Å². The molecule has 0 spiro atoms. The summed E-state index contributed by atoms with van der Waals surface area (Å²) in [6.45, 7) is 1.88. The second-order valence-electron chi connectivity index (χ2n) is 4.05. The van der Waals surface area contributed by atoms with Gasteiger partial charge < -0.3 is 0 Å². The first-order valence-corrected chi connectivity index (χ1v) is 6.53. The summed E-state index contributed by atoms with van der Waals surface area (Å²) in [6.07, 6.45) is 0. The molecule has 4 heteroatoms. The molecule has 0 saturated carbocycles. The molecule has 0 aliphatic heterocycles. The smallest absolute Gasteiger partial charge is 0.128 e. The SMILES string of the molecule is Cc1ccc(F)c(C(Cl)c2ccc(Cl)cc2Cl)c1. The van der Waals surface area contributed by atoms with Gasteiger partial charge in [-0.2, -0.15) is 0 Å². The molecular formula is C14H10Cl3F. The molecule has 1 unspecified atom stereocenters. The summed E-state index contributed by atoms with van der Waals surface area (Å²) in [6, 6.07) is 9.82. The Balaban J connectivity index is 2.47. The van der Waals surface area contributed by atoms with E-state index >= 15 is 0 Å². The van der Waals surface area contributed by atoms with Crippen molar-refractivity contribution < 1.29 is 4.39 Å². The van der Waals surface area contributed by atoms with Crippen molar-refractivity contribution in [2.45, 2.75) is 12.3 Å². The molecule has 2 rings (SSSR count). The van der Waals surface area contributed by atoms with Crippen LogP contribution in [0.2, 0.25) is 10.0 Å². The van der Waals surface area contributed by atoms with Crippen LogP contribution in [0.25, 0.3) is 0 Å². The van der Waals surface area contributed by atoms with E-state index in [4.69, 9.17) is 34.8 Å². The molecular weight excluding hydrogens is 294 g/mol. The second-order valence-corrected chi connectivity index (χ2v) is 5.33. The van der Waals surface area contributed by atoms with E-state index in [0.29, 0.717) is 21.2 Å². The quantitative estimate of drug-likeness (QED) is 0.618. The molecule has 1 atom stereocenters. The molecule has 0 heterocycles. The molecule has 0 radical (unpaired) electrons. The lowest BCUT2D eigenvalue weighted by molar-refractivity contribution is 0.612. The molecule has 2 aromatic rings. The van der Waals surface area contributed by atoms with E-state index in [0.717, 1.165) is 5.56 Å². The summed E-state index contributed by atoms with van der Waals surface area (Å²) in [5.74, 6) is -0.341. The molecule has 0 aliphatic rings. The van der Waals surface area contributed by atoms with Crippen LogP contribution in [0.4, 0.5) is 4.39 Å². The highest BCUT2D eigenvalue weighted by Crippen LogP contribution is 2.36. The van der Waals surface area contributed by atoms with Crippen molar-refractivity contribution >= 4 is 34.8 Å². The maximum Gasteiger partial charge on any atom is 0.128 e. The van der Waals surface area contributed by atoms with Crippen LogP contribution >= 0.6 is 34.8 Å². The highest BCUT2D eigenvalue weighted by molar-refractivity contribution is 6.36. The first-order valence-electron chi connectivity index (χ1n) is 5.34. The predicted molar refractivity (Wildman–Crippen MR) is 75.3 cm³/mol. The number of halogens is 4. The van der Waals surface area contributed by atoms with Crippen molar-refractivity contribution in [1.29, 1.82) is 0 Å². The fourth-order valence-corrected chi connectivity index (χ4v) is 2.66. The van der Waals surface area contributed by atoms with Crippen molar-refractivity contribution in [2.75, 3.05) is 0 Å². The van der Waals surface area contributed by atoms with Gasteiger partial charge in [0, 0.05) is 15.6 Å². The molecule has 0 N–H and O–H groups in total. The van der Waals surface area contributed by atoms with Gasteiger partial charge in [0.25, 0.3) is 0 Å². The average molecular weight is 304 g/mol. The van der Waals surface area contributed by atoms with E-state index < -0.39 is 5.38 Å². The van der Waals surface area contributed by atoms with Gasteiger partial charge in [-0.25, -0.2) is 4.39 Å². The molecule has 0 aromatic heterocycles. The summed E-state index contributed by atoms with van der Waals surface area (Å²) in [5.41, 5.74) is 2.01. The van der Waals surface area contributed by atoms with Crippen molar-refractivity contribution in [3.8, 4) is 0 Å². The van der Waals surface area contributed by atoms with E-state index in [1.54, 1.807) is 30.3 Å². The molecule has 0 nitrogen and oxygen atoms in total. The highest BCUT2D eigenvalue weighted by atomic mass is 35.5. The zero-order valence-corrected chi connectivity index (χ0v) is 11.8. The van der Waals surface area contributed by atoms with Gasteiger partial charge in [0.15, 0.2) is 0 Å². The van der Waals surface area contributed by atoms with Crippen LogP contribution in [-0.4, -0.2) is 0 Å². The lowest BCUT2D eigenvalue weighted by Crippen LogP contribution is -1.98. The summed E-state index contributed by atoms with van der Waals surface area (Å²) in [7, 11) is 0. The molecule has 0 fully saturated rings. The Kier molecular flexibility index (Phi) is 4.16. The van der Waals surface area contributed by atoms with Crippen molar-refractivity contribution in [3.63, 3.8) is 0 Å². The van der Waals surface area contributed by atoms with Gasteiger partial charge in [-0.05, 0) is 30.7 Å². The highest BCUT2D eigenvalue weighted by Gasteiger charge is 2.18. The minimum atomic E-state index is -0.630. The van der Waals surface area contributed by atoms with Gasteiger partial charge in [-0.15, -0.1) is 11.6 Å². The third-order valence-electron chi connectivity index (χ3n) is 2.66. The first-order chi connectivity index (χ1) is 8.49. The van der Waals surface area contributed by atoms with Crippen molar-refractivity contribution in [1.82, 2.24) is 0 Å². The zero-order valence-electron chi connectivity index (χ0n) is 9.55. The molecule has 0 amide bonds. The number of aryl methyl sites for hydroxylation is 1. The summed E-state index contributed by atoms with van der Waals surface area (Å²) in [5, 5.41) is 0.329. The van der Waals surface area contributed by atoms with Crippen LogP contribution in [0.1, 0.15) is 22.1 Å². The van der Waals surface area contributed by atoms with Gasteiger partial charge in [0.2, 0.25) is 0 Å². The molecule has 94 valence electrons. The monoisotopic (exact) mass is 302 g/mol. The van der Waals surface area contributed by atoms with Gasteiger partial charge >= 0.3 is 0 Å². The van der Waals surface area contributed by atoms with Gasteiger partial charge in [-0.1, -0.05) is 47.0 Å². The molecule has 2 aromatic carbocycles. The number of benzene rings is 2. The van der Waals surface area contributed by atoms with Crippen molar-refractivity contribution in [3.05, 3.63) is 69.0 Å². The van der Waals surface area contributed by atoms with Crippen LogP contribution < -0.4 is 0 Å². The maximum absolute atomic E-state index is 13.8. The second kappa shape index (κ2) is 5.48. The minimum absolute atomic E-state index is 0.341. The number of hydrogen-bond donors (Lipinski definition) is 0. The largest absolute Gasteiger partial charge is 0.207 e. The number of alkyl halides is 1. The summed E-state index contributed by atoms with van der Waals surface area (Å²) < 4.78 is 13.8. The Bertz CT molecular complexity index is 581. The van der Waals surface area contributed by atoms with Gasteiger partial charge in [0.1, 0.15) is 5.82 Å². The normalized spacial score (nSPS) is 12.5. The number of rotatable bonds is 2. The predicted octanol–water partition coefficient (Wildman–Crippen LogP) is 5.77. The first kappa shape index (κ1) is 13.7. The fourth-order valence-electron chi connectivity index (χ4n) is 1.73. The van der Waals surface area contributed by atoms with Crippen LogP contribution in [0, 0.1) is 12.7 Å². The standard InChI is InChI=1S/C14H10Cl3F/c1-8-2-5-13(18)11(6-8)14(17)10-4-3-9(15)7-12(10)16/h2-7,14H,1H3. The van der Waals surface area contributed by atoms with E-state index in [2.05, 4.69) is 0 Å².